The summed E-state index contributed by atoms with van der Waals surface area (Å²) in [6, 6.07) is 17.4. The molecule has 0 fully saturated rings. The van der Waals surface area contributed by atoms with Gasteiger partial charge in [0.15, 0.2) is 6.61 Å². The molecule has 0 aliphatic heterocycles. The van der Waals surface area contributed by atoms with E-state index in [0.717, 1.165) is 18.4 Å². The predicted molar refractivity (Wildman–Crippen MR) is 101 cm³/mol. The molecule has 5 nitrogen and oxygen atoms in total. The minimum absolute atomic E-state index is 0.291. The molecule has 0 heterocycles. The molecule has 136 valence electrons. The molecule has 0 aliphatic rings. The minimum atomic E-state index is -0.574. The Kier molecular flexibility index (Phi) is 7.93. The second-order valence-corrected chi connectivity index (χ2v) is 5.62. The summed E-state index contributed by atoms with van der Waals surface area (Å²) in [4.78, 5) is 23.4. The number of hydrogen-bond donors (Lipinski definition) is 1. The third kappa shape index (κ3) is 6.81. The van der Waals surface area contributed by atoms with Gasteiger partial charge in [-0.3, -0.25) is 4.79 Å². The Morgan fingerprint density at radius 3 is 2.54 bits per heavy atom. The third-order valence-corrected chi connectivity index (χ3v) is 3.69. The van der Waals surface area contributed by atoms with E-state index in [1.807, 2.05) is 36.4 Å². The molecule has 2 aromatic rings. The van der Waals surface area contributed by atoms with Gasteiger partial charge >= 0.3 is 5.97 Å². The molecular weight excluding hydrogens is 330 g/mol. The Hall–Kier alpha value is -3.08. The summed E-state index contributed by atoms with van der Waals surface area (Å²) in [6.45, 7) is 0.253. The van der Waals surface area contributed by atoms with E-state index in [4.69, 9.17) is 9.47 Å². The summed E-state index contributed by atoms with van der Waals surface area (Å²) in [7, 11) is 1.56. The van der Waals surface area contributed by atoms with Crippen LogP contribution < -0.4 is 10.1 Å². The van der Waals surface area contributed by atoms with Gasteiger partial charge < -0.3 is 14.8 Å². The number of carbonyl (C=O) groups excluding carboxylic acids is 2. The van der Waals surface area contributed by atoms with Crippen molar-refractivity contribution in [3.8, 4) is 5.75 Å². The van der Waals surface area contributed by atoms with Gasteiger partial charge in [0.1, 0.15) is 5.75 Å². The zero-order valence-electron chi connectivity index (χ0n) is 14.8. The number of aryl methyl sites for hydroxylation is 1. The van der Waals surface area contributed by atoms with E-state index in [1.165, 1.54) is 11.6 Å². The smallest absolute Gasteiger partial charge is 0.331 e. The van der Waals surface area contributed by atoms with Gasteiger partial charge in [-0.1, -0.05) is 48.5 Å². The van der Waals surface area contributed by atoms with Crippen LogP contribution in [0.5, 0.6) is 5.75 Å². The molecule has 0 aliphatic carbocycles. The van der Waals surface area contributed by atoms with Crippen molar-refractivity contribution in [3.05, 3.63) is 71.8 Å². The van der Waals surface area contributed by atoms with Crippen LogP contribution in [0.25, 0.3) is 6.08 Å². The van der Waals surface area contributed by atoms with Crippen molar-refractivity contribution in [1.29, 1.82) is 0 Å². The average Bonchev–Trinajstić information content (AvgIpc) is 2.69. The molecule has 1 amide bonds. The van der Waals surface area contributed by atoms with E-state index < -0.39 is 5.97 Å². The molecule has 0 atom stereocenters. The summed E-state index contributed by atoms with van der Waals surface area (Å²) >= 11 is 0. The SMILES string of the molecule is COc1ccccc1/C=C/C(=O)OCC(=O)NCCCc1ccccc1. The Morgan fingerprint density at radius 2 is 1.77 bits per heavy atom. The van der Waals surface area contributed by atoms with Crippen LogP contribution in [-0.4, -0.2) is 32.1 Å². The first-order chi connectivity index (χ1) is 12.7. The van der Waals surface area contributed by atoms with Crippen LogP contribution in [0.3, 0.4) is 0 Å². The first-order valence-corrected chi connectivity index (χ1v) is 8.47. The number of benzene rings is 2. The van der Waals surface area contributed by atoms with Crippen molar-refractivity contribution < 1.29 is 19.1 Å². The maximum Gasteiger partial charge on any atom is 0.331 e. The Bertz CT molecular complexity index is 741. The second kappa shape index (κ2) is 10.7. The van der Waals surface area contributed by atoms with Crippen LogP contribution in [0.15, 0.2) is 60.7 Å². The van der Waals surface area contributed by atoms with E-state index >= 15 is 0 Å². The first-order valence-electron chi connectivity index (χ1n) is 8.47. The molecule has 0 unspecified atom stereocenters. The average molecular weight is 353 g/mol. The van der Waals surface area contributed by atoms with E-state index in [0.29, 0.717) is 12.3 Å². The number of nitrogens with one attached hydrogen (secondary N) is 1. The summed E-state index contributed by atoms with van der Waals surface area (Å²) in [5.41, 5.74) is 1.99. The molecule has 0 saturated heterocycles. The second-order valence-electron chi connectivity index (χ2n) is 5.62. The lowest BCUT2D eigenvalue weighted by Gasteiger charge is -2.06. The van der Waals surface area contributed by atoms with E-state index in [1.54, 1.807) is 19.3 Å². The number of esters is 1. The predicted octanol–water partition coefficient (Wildman–Crippen LogP) is 3.00. The van der Waals surface area contributed by atoms with Crippen molar-refractivity contribution in [3.63, 3.8) is 0 Å². The largest absolute Gasteiger partial charge is 0.496 e. The number of hydrogen-bond acceptors (Lipinski definition) is 4. The van der Waals surface area contributed by atoms with Gasteiger partial charge in [0.05, 0.1) is 7.11 Å². The highest BCUT2D eigenvalue weighted by molar-refractivity contribution is 5.89. The van der Waals surface area contributed by atoms with Crippen LogP contribution in [0.4, 0.5) is 0 Å². The maximum atomic E-state index is 11.7. The minimum Gasteiger partial charge on any atom is -0.496 e. The van der Waals surface area contributed by atoms with Gasteiger partial charge in [-0.15, -0.1) is 0 Å². The topological polar surface area (TPSA) is 64.6 Å². The summed E-state index contributed by atoms with van der Waals surface area (Å²) in [6.07, 6.45) is 4.60. The lowest BCUT2D eigenvalue weighted by Crippen LogP contribution is -2.29. The molecule has 0 spiro atoms. The number of ether oxygens (including phenoxy) is 2. The van der Waals surface area contributed by atoms with Gasteiger partial charge in [-0.2, -0.15) is 0 Å². The van der Waals surface area contributed by atoms with Crippen molar-refractivity contribution in [2.24, 2.45) is 0 Å². The fraction of sp³-hybridized carbons (Fsp3) is 0.238. The third-order valence-electron chi connectivity index (χ3n) is 3.69. The number of rotatable bonds is 9. The van der Waals surface area contributed by atoms with Gasteiger partial charge in [-0.05, 0) is 30.5 Å². The molecule has 0 radical (unpaired) electrons. The molecule has 0 aromatic heterocycles. The summed E-state index contributed by atoms with van der Waals surface area (Å²) in [5, 5.41) is 2.74. The molecule has 26 heavy (non-hydrogen) atoms. The summed E-state index contributed by atoms with van der Waals surface area (Å²) in [5.74, 6) is -0.222. The fourth-order valence-corrected chi connectivity index (χ4v) is 2.36. The standard InChI is InChI=1S/C21H23NO4/c1-25-19-12-6-5-11-18(19)13-14-21(24)26-16-20(23)22-15-7-10-17-8-3-2-4-9-17/h2-6,8-9,11-14H,7,10,15-16H2,1H3,(H,22,23)/b14-13+. The van der Waals surface area contributed by atoms with Crippen LogP contribution in [0, 0.1) is 0 Å². The fourth-order valence-electron chi connectivity index (χ4n) is 2.36. The zero-order valence-corrected chi connectivity index (χ0v) is 14.8. The van der Waals surface area contributed by atoms with E-state index in [-0.39, 0.29) is 12.5 Å². The lowest BCUT2D eigenvalue weighted by atomic mass is 10.1. The van der Waals surface area contributed by atoms with Gasteiger partial charge in [-0.25, -0.2) is 4.79 Å². The molecule has 5 heteroatoms. The lowest BCUT2D eigenvalue weighted by molar-refractivity contribution is -0.143. The molecule has 1 N–H and O–H groups in total. The number of methoxy groups -OCH3 is 1. The highest BCUT2D eigenvalue weighted by atomic mass is 16.5. The molecule has 2 rings (SSSR count). The van der Waals surface area contributed by atoms with Gasteiger partial charge in [0.25, 0.3) is 5.91 Å². The van der Waals surface area contributed by atoms with Crippen molar-refractivity contribution >= 4 is 18.0 Å². The van der Waals surface area contributed by atoms with E-state index in [2.05, 4.69) is 17.4 Å². The monoisotopic (exact) mass is 353 g/mol. The Balaban J connectivity index is 1.65. The maximum absolute atomic E-state index is 11.7. The first kappa shape index (κ1) is 19.2. The van der Waals surface area contributed by atoms with Crippen molar-refractivity contribution in [2.45, 2.75) is 12.8 Å². The molecule has 0 bridgehead atoms. The van der Waals surface area contributed by atoms with Crippen LogP contribution in [0.1, 0.15) is 17.5 Å². The zero-order chi connectivity index (χ0) is 18.6. The van der Waals surface area contributed by atoms with Gasteiger partial charge in [0, 0.05) is 18.2 Å². The Labute approximate surface area is 153 Å². The molecule has 2 aromatic carbocycles. The summed E-state index contributed by atoms with van der Waals surface area (Å²) < 4.78 is 10.1. The normalized spacial score (nSPS) is 10.5. The van der Waals surface area contributed by atoms with Crippen molar-refractivity contribution in [2.75, 3.05) is 20.3 Å². The Morgan fingerprint density at radius 1 is 1.04 bits per heavy atom. The number of para-hydroxylation sites is 1. The number of amides is 1. The quantitative estimate of drug-likeness (QED) is 0.428. The van der Waals surface area contributed by atoms with Crippen molar-refractivity contribution in [1.82, 2.24) is 5.32 Å². The van der Waals surface area contributed by atoms with Crippen LogP contribution in [-0.2, 0) is 20.7 Å². The number of carbonyl (C=O) groups is 2. The molecular formula is C21H23NO4. The van der Waals surface area contributed by atoms with Gasteiger partial charge in [0.2, 0.25) is 0 Å². The van der Waals surface area contributed by atoms with E-state index in [9.17, 15) is 9.59 Å². The molecule has 0 saturated carbocycles. The van der Waals surface area contributed by atoms with Crippen LogP contribution >= 0.6 is 0 Å². The highest BCUT2D eigenvalue weighted by Gasteiger charge is 2.05. The van der Waals surface area contributed by atoms with Crippen LogP contribution in [0.2, 0.25) is 0 Å². The highest BCUT2D eigenvalue weighted by Crippen LogP contribution is 2.18.